The van der Waals surface area contributed by atoms with Crippen molar-refractivity contribution in [3.8, 4) is 0 Å². The van der Waals surface area contributed by atoms with Crippen LogP contribution in [-0.4, -0.2) is 23.2 Å². The Balaban J connectivity index is 1.54. The molecule has 4 rings (SSSR count). The molecule has 0 aromatic heterocycles. The summed E-state index contributed by atoms with van der Waals surface area (Å²) in [7, 11) is 1.54. The molecule has 0 aliphatic heterocycles. The van der Waals surface area contributed by atoms with Crippen LogP contribution in [0.5, 0.6) is 0 Å². The number of benzene rings is 3. The fourth-order valence-electron chi connectivity index (χ4n) is 3.76. The van der Waals surface area contributed by atoms with Crippen LogP contribution < -0.4 is 10.2 Å². The van der Waals surface area contributed by atoms with E-state index in [1.165, 1.54) is 24.1 Å². The van der Waals surface area contributed by atoms with Gasteiger partial charge in [-0.1, -0.05) is 53.0 Å². The number of carbonyl (C=O) groups is 2. The van der Waals surface area contributed by atoms with E-state index >= 15 is 0 Å². The Kier molecular flexibility index (Phi) is 7.05. The highest BCUT2D eigenvalue weighted by molar-refractivity contribution is 6.54. The number of rotatable bonds is 5. The van der Waals surface area contributed by atoms with E-state index in [1.807, 2.05) is 6.07 Å². The Bertz CT molecular complexity index is 1260. The Hall–Kier alpha value is -2.02. The Morgan fingerprint density at radius 1 is 0.971 bits per heavy atom. The lowest BCUT2D eigenvalue weighted by Crippen LogP contribution is -2.27. The zero-order valence-electron chi connectivity index (χ0n) is 17.5. The summed E-state index contributed by atoms with van der Waals surface area (Å²) in [5.41, 5.74) is 1.18. The number of para-hydroxylation sites is 1. The molecule has 0 bridgehead atoms. The summed E-state index contributed by atoms with van der Waals surface area (Å²) in [5, 5.41) is 3.27. The molecule has 2 atom stereocenters. The smallest absolute Gasteiger partial charge is 0.261 e. The Morgan fingerprint density at radius 3 is 2.21 bits per heavy atom. The first-order chi connectivity index (χ1) is 16.0. The van der Waals surface area contributed by atoms with Crippen molar-refractivity contribution < 1.29 is 14.0 Å². The van der Waals surface area contributed by atoms with Gasteiger partial charge in [0.05, 0.1) is 26.5 Å². The van der Waals surface area contributed by atoms with Crippen molar-refractivity contribution in [1.82, 2.24) is 0 Å². The molecule has 34 heavy (non-hydrogen) atoms. The Morgan fingerprint density at radius 2 is 1.59 bits per heavy atom. The van der Waals surface area contributed by atoms with Gasteiger partial charge in [0, 0.05) is 24.3 Å². The molecule has 3 aromatic rings. The number of alkyl halides is 2. The van der Waals surface area contributed by atoms with Gasteiger partial charge in [0.15, 0.2) is 0 Å². The molecule has 0 saturated heterocycles. The summed E-state index contributed by atoms with van der Waals surface area (Å²) in [6.07, 6.45) is 0. The van der Waals surface area contributed by atoms with E-state index in [1.54, 1.807) is 36.4 Å². The number of anilines is 2. The van der Waals surface area contributed by atoms with E-state index in [4.69, 9.17) is 58.0 Å². The molecule has 0 unspecified atom stereocenters. The number of nitrogens with one attached hydrogen (secondary N) is 1. The molecule has 4 nitrogen and oxygen atoms in total. The minimum Gasteiger partial charge on any atom is -0.326 e. The van der Waals surface area contributed by atoms with E-state index in [2.05, 4.69) is 5.32 Å². The van der Waals surface area contributed by atoms with Gasteiger partial charge in [-0.2, -0.15) is 0 Å². The van der Waals surface area contributed by atoms with Crippen molar-refractivity contribution >= 4 is 81.2 Å². The van der Waals surface area contributed by atoms with Crippen LogP contribution >= 0.6 is 58.0 Å². The normalized spacial score (nSPS) is 18.3. The van der Waals surface area contributed by atoms with Gasteiger partial charge in [-0.25, -0.2) is 4.39 Å². The largest absolute Gasteiger partial charge is 0.326 e. The summed E-state index contributed by atoms with van der Waals surface area (Å²) in [6.45, 7) is 0. The lowest BCUT2D eigenvalue weighted by molar-refractivity contribution is -0.117. The summed E-state index contributed by atoms with van der Waals surface area (Å²) in [6, 6.07) is 15.6. The van der Waals surface area contributed by atoms with Gasteiger partial charge in [0.2, 0.25) is 5.91 Å². The molecule has 1 aliphatic rings. The average molecular weight is 561 g/mol. The highest BCUT2D eigenvalue weighted by atomic mass is 35.5. The fraction of sp³-hybridized carbons (Fsp3) is 0.167. The van der Waals surface area contributed by atoms with Crippen molar-refractivity contribution in [2.24, 2.45) is 5.92 Å². The van der Waals surface area contributed by atoms with E-state index in [-0.39, 0.29) is 26.3 Å². The highest BCUT2D eigenvalue weighted by Gasteiger charge is 2.67. The molecule has 1 saturated carbocycles. The van der Waals surface area contributed by atoms with Crippen molar-refractivity contribution in [2.45, 2.75) is 10.3 Å². The molecule has 0 radical (unpaired) electrons. The van der Waals surface area contributed by atoms with Gasteiger partial charge in [0.1, 0.15) is 10.2 Å². The molecule has 0 spiro atoms. The Labute approximate surface area is 220 Å². The third-order valence-corrected chi connectivity index (χ3v) is 7.75. The molecule has 0 heterocycles. The molecule has 1 fully saturated rings. The monoisotopic (exact) mass is 558 g/mol. The van der Waals surface area contributed by atoms with Crippen molar-refractivity contribution in [1.29, 1.82) is 0 Å². The summed E-state index contributed by atoms with van der Waals surface area (Å²) >= 11 is 31.0. The predicted octanol–water partition coefficient (Wildman–Crippen LogP) is 7.59. The second kappa shape index (κ2) is 9.56. The maximum absolute atomic E-state index is 14.5. The zero-order valence-corrected chi connectivity index (χ0v) is 21.2. The second-order valence-corrected chi connectivity index (χ2v) is 10.4. The van der Waals surface area contributed by atoms with Crippen LogP contribution in [0.3, 0.4) is 0 Å². The van der Waals surface area contributed by atoms with Crippen LogP contribution in [0.4, 0.5) is 15.8 Å². The topological polar surface area (TPSA) is 49.4 Å². The van der Waals surface area contributed by atoms with Gasteiger partial charge in [-0.3, -0.25) is 9.59 Å². The van der Waals surface area contributed by atoms with Gasteiger partial charge >= 0.3 is 0 Å². The van der Waals surface area contributed by atoms with Gasteiger partial charge in [-0.15, -0.1) is 23.2 Å². The molecule has 10 heteroatoms. The van der Waals surface area contributed by atoms with Crippen LogP contribution in [0.2, 0.25) is 15.1 Å². The number of halogens is 6. The second-order valence-electron chi connectivity index (χ2n) is 7.81. The standard InChI is InChI=1S/C24H16Cl5FN2O2/c1-32(14-5-3-2-4-6-14)23(34)15-11-13(7-8-18(15)30)31-22(33)20-19(24(20,28)29)12-9-16(25)21(27)17(26)10-12/h2-11,19-20H,1H3,(H,31,33)/t19-,20+/m0/s1. The third-order valence-electron chi connectivity index (χ3n) is 5.61. The molecule has 1 aliphatic carbocycles. The molecule has 1 N–H and O–H groups in total. The van der Waals surface area contributed by atoms with Crippen LogP contribution in [-0.2, 0) is 4.79 Å². The first-order valence-electron chi connectivity index (χ1n) is 9.98. The minimum absolute atomic E-state index is 0.187. The first kappa shape index (κ1) is 25.1. The van der Waals surface area contributed by atoms with Crippen LogP contribution in [0.1, 0.15) is 21.8 Å². The predicted molar refractivity (Wildman–Crippen MR) is 136 cm³/mol. The summed E-state index contributed by atoms with van der Waals surface area (Å²) in [4.78, 5) is 27.2. The molecule has 2 amide bonds. The van der Waals surface area contributed by atoms with Gasteiger partial charge < -0.3 is 10.2 Å². The molecular formula is C24H16Cl5FN2O2. The van der Waals surface area contributed by atoms with Crippen molar-refractivity contribution in [3.63, 3.8) is 0 Å². The lowest BCUT2D eigenvalue weighted by Gasteiger charge is -2.18. The van der Waals surface area contributed by atoms with Gasteiger partial charge in [0.25, 0.3) is 5.91 Å². The fourth-order valence-corrected chi connectivity index (χ4v) is 5.20. The zero-order chi connectivity index (χ0) is 24.8. The number of nitrogens with zero attached hydrogens (tertiary/aromatic N) is 1. The van der Waals surface area contributed by atoms with Crippen molar-refractivity contribution in [2.75, 3.05) is 17.3 Å². The molecule has 3 aromatic carbocycles. The number of hydrogen-bond donors (Lipinski definition) is 1. The third kappa shape index (κ3) is 4.73. The molecular weight excluding hydrogens is 545 g/mol. The number of carbonyl (C=O) groups excluding carboxylic acids is 2. The average Bonchev–Trinajstić information content (AvgIpc) is 3.40. The number of amides is 2. The van der Waals surface area contributed by atoms with E-state index < -0.39 is 33.8 Å². The van der Waals surface area contributed by atoms with E-state index in [0.717, 1.165) is 6.07 Å². The van der Waals surface area contributed by atoms with Crippen LogP contribution in [0.15, 0.2) is 60.7 Å². The quantitative estimate of drug-likeness (QED) is 0.258. The van der Waals surface area contributed by atoms with E-state index in [9.17, 15) is 14.0 Å². The lowest BCUT2D eigenvalue weighted by atomic mass is 10.1. The van der Waals surface area contributed by atoms with Gasteiger partial charge in [-0.05, 0) is 48.0 Å². The molecule has 176 valence electrons. The number of hydrogen-bond acceptors (Lipinski definition) is 2. The van der Waals surface area contributed by atoms with Crippen LogP contribution in [0.25, 0.3) is 0 Å². The van der Waals surface area contributed by atoms with Crippen LogP contribution in [0, 0.1) is 11.7 Å². The maximum Gasteiger partial charge on any atom is 0.261 e. The van der Waals surface area contributed by atoms with Crippen molar-refractivity contribution in [3.05, 3.63) is 92.7 Å². The maximum atomic E-state index is 14.5. The van der Waals surface area contributed by atoms with E-state index in [0.29, 0.717) is 11.3 Å². The summed E-state index contributed by atoms with van der Waals surface area (Å²) < 4.78 is 13.1. The SMILES string of the molecule is CN(C(=O)c1cc(NC(=O)[C@H]2[C@H](c3cc(Cl)c(Cl)c(Cl)c3)C2(Cl)Cl)ccc1F)c1ccccc1. The minimum atomic E-state index is -1.41. The summed E-state index contributed by atoms with van der Waals surface area (Å²) in [5.74, 6) is -3.21. The first-order valence-corrected chi connectivity index (χ1v) is 11.9. The highest BCUT2D eigenvalue weighted by Crippen LogP contribution is 2.65.